The second-order valence-corrected chi connectivity index (χ2v) is 3.01. The highest BCUT2D eigenvalue weighted by atomic mass is 19.4. The summed E-state index contributed by atoms with van der Waals surface area (Å²) in [6.45, 7) is 2.13. The van der Waals surface area contributed by atoms with E-state index >= 15 is 0 Å². The molecule has 3 nitrogen and oxygen atoms in total. The Morgan fingerprint density at radius 3 is 2.21 bits per heavy atom. The highest BCUT2D eigenvalue weighted by Gasteiger charge is 2.52. The minimum atomic E-state index is -4.73. The number of hydrogen-bond acceptors (Lipinski definition) is 3. The second-order valence-electron chi connectivity index (χ2n) is 3.01. The molecule has 0 unspecified atom stereocenters. The molecule has 0 aliphatic rings. The highest BCUT2D eigenvalue weighted by molar-refractivity contribution is 5.76. The first-order valence-corrected chi connectivity index (χ1v) is 3.95. The maximum Gasteiger partial charge on any atom is 0.401 e. The van der Waals surface area contributed by atoms with Crippen molar-refractivity contribution in [3.05, 3.63) is 0 Å². The van der Waals surface area contributed by atoms with Gasteiger partial charge in [-0.05, 0) is 13.8 Å². The molecule has 0 radical (unpaired) electrons. The Morgan fingerprint density at radius 2 is 1.93 bits per heavy atom. The lowest BCUT2D eigenvalue weighted by molar-refractivity contribution is -0.214. The first-order chi connectivity index (χ1) is 6.27. The molecule has 14 heavy (non-hydrogen) atoms. The summed E-state index contributed by atoms with van der Waals surface area (Å²) in [6, 6.07) is 0. The van der Waals surface area contributed by atoms with Crippen LogP contribution >= 0.6 is 0 Å². The lowest BCUT2D eigenvalue weighted by Crippen LogP contribution is -2.39. The maximum absolute atomic E-state index is 12.3. The van der Waals surface area contributed by atoms with E-state index in [1.165, 1.54) is 6.92 Å². The number of aldehydes is 1. The molecule has 0 N–H and O–H groups in total. The smallest absolute Gasteiger partial charge is 0.401 e. The number of alkyl halides is 3. The van der Waals surface area contributed by atoms with Crippen LogP contribution in [0.2, 0.25) is 0 Å². The molecule has 0 heterocycles. The van der Waals surface area contributed by atoms with Gasteiger partial charge >= 0.3 is 12.1 Å². The molecule has 0 amide bonds. The van der Waals surface area contributed by atoms with Crippen LogP contribution in [0.15, 0.2) is 0 Å². The third-order valence-electron chi connectivity index (χ3n) is 1.72. The third kappa shape index (κ3) is 3.01. The average Bonchev–Trinajstić information content (AvgIpc) is 2.02. The third-order valence-corrected chi connectivity index (χ3v) is 1.72. The van der Waals surface area contributed by atoms with Gasteiger partial charge in [-0.15, -0.1) is 0 Å². The zero-order valence-electron chi connectivity index (χ0n) is 7.85. The van der Waals surface area contributed by atoms with Gasteiger partial charge < -0.3 is 9.53 Å². The van der Waals surface area contributed by atoms with Crippen LogP contribution in [0.5, 0.6) is 0 Å². The molecular formula is C8H11F3O3. The van der Waals surface area contributed by atoms with E-state index in [-0.39, 0.29) is 12.9 Å². The van der Waals surface area contributed by atoms with Crippen LogP contribution < -0.4 is 0 Å². The van der Waals surface area contributed by atoms with Crippen molar-refractivity contribution in [1.82, 2.24) is 0 Å². The minimum absolute atomic E-state index is 0.00831. The molecule has 0 bridgehead atoms. The summed E-state index contributed by atoms with van der Waals surface area (Å²) in [4.78, 5) is 21.1. The van der Waals surface area contributed by atoms with E-state index in [1.54, 1.807) is 0 Å². The van der Waals surface area contributed by atoms with Crippen molar-refractivity contribution in [2.75, 3.05) is 6.61 Å². The van der Waals surface area contributed by atoms with Crippen LogP contribution in [-0.4, -0.2) is 25.0 Å². The predicted molar refractivity (Wildman–Crippen MR) is 41.5 cm³/mol. The molecular weight excluding hydrogens is 201 g/mol. The van der Waals surface area contributed by atoms with Crippen molar-refractivity contribution in [2.45, 2.75) is 26.4 Å². The topological polar surface area (TPSA) is 43.4 Å². The van der Waals surface area contributed by atoms with Gasteiger partial charge in [0.25, 0.3) is 0 Å². The Balaban J connectivity index is 4.57. The summed E-state index contributed by atoms with van der Waals surface area (Å²) < 4.78 is 41.1. The van der Waals surface area contributed by atoms with Crippen molar-refractivity contribution >= 4 is 12.3 Å². The largest absolute Gasteiger partial charge is 0.466 e. The molecule has 0 fully saturated rings. The van der Waals surface area contributed by atoms with Gasteiger partial charge in [-0.25, -0.2) is 0 Å². The Labute approximate surface area is 79.2 Å². The number of rotatable bonds is 4. The summed E-state index contributed by atoms with van der Waals surface area (Å²) in [6.07, 6.45) is -5.99. The van der Waals surface area contributed by atoms with Crippen LogP contribution in [0.25, 0.3) is 0 Å². The molecule has 0 aromatic rings. The summed E-state index contributed by atoms with van der Waals surface area (Å²) >= 11 is 0. The van der Waals surface area contributed by atoms with Gasteiger partial charge in [-0.3, -0.25) is 4.79 Å². The van der Waals surface area contributed by atoms with E-state index in [9.17, 15) is 22.8 Å². The first kappa shape index (κ1) is 12.9. The van der Waals surface area contributed by atoms with Gasteiger partial charge in [0, 0.05) is 0 Å². The molecule has 1 atom stereocenters. The Hall–Kier alpha value is -1.07. The molecule has 0 spiro atoms. The van der Waals surface area contributed by atoms with E-state index in [2.05, 4.69) is 4.74 Å². The van der Waals surface area contributed by atoms with Gasteiger partial charge in [-0.2, -0.15) is 13.2 Å². The van der Waals surface area contributed by atoms with Crippen LogP contribution in [-0.2, 0) is 14.3 Å². The van der Waals surface area contributed by atoms with Crippen LogP contribution in [0, 0.1) is 5.41 Å². The van der Waals surface area contributed by atoms with E-state index in [0.717, 1.165) is 0 Å². The molecule has 0 aromatic heterocycles. The standard InChI is InChI=1S/C8H11F3O3/c1-3-14-6(13)4-7(2,5-12)8(9,10)11/h5H,3-4H2,1-2H3/t7-/m1/s1. The van der Waals surface area contributed by atoms with Crippen LogP contribution in [0.1, 0.15) is 20.3 Å². The second kappa shape index (κ2) is 4.43. The number of carbonyl (C=O) groups is 2. The van der Waals surface area contributed by atoms with E-state index < -0.39 is 24.0 Å². The molecule has 0 saturated heterocycles. The average molecular weight is 212 g/mol. The number of esters is 1. The molecule has 0 aromatic carbocycles. The SMILES string of the molecule is CCOC(=O)C[C@](C)(C=O)C(F)(F)F. The Bertz CT molecular complexity index is 224. The fourth-order valence-electron chi connectivity index (χ4n) is 0.721. The number of halogens is 3. The Morgan fingerprint density at radius 1 is 1.43 bits per heavy atom. The molecule has 0 saturated carbocycles. The summed E-state index contributed by atoms with van der Waals surface area (Å²) in [7, 11) is 0. The molecule has 0 aliphatic heterocycles. The van der Waals surface area contributed by atoms with Crippen LogP contribution in [0.3, 0.4) is 0 Å². The molecule has 0 aliphatic carbocycles. The van der Waals surface area contributed by atoms with E-state index in [4.69, 9.17) is 0 Å². The van der Waals surface area contributed by atoms with Crippen molar-refractivity contribution in [3.8, 4) is 0 Å². The molecule has 6 heteroatoms. The van der Waals surface area contributed by atoms with Gasteiger partial charge in [0.15, 0.2) is 0 Å². The number of ether oxygens (including phenoxy) is 1. The van der Waals surface area contributed by atoms with Crippen molar-refractivity contribution in [3.63, 3.8) is 0 Å². The fourth-order valence-corrected chi connectivity index (χ4v) is 0.721. The van der Waals surface area contributed by atoms with Crippen molar-refractivity contribution in [1.29, 1.82) is 0 Å². The monoisotopic (exact) mass is 212 g/mol. The van der Waals surface area contributed by atoms with Crippen LogP contribution in [0.4, 0.5) is 13.2 Å². The zero-order chi connectivity index (χ0) is 11.4. The Kier molecular flexibility index (Phi) is 4.09. The highest BCUT2D eigenvalue weighted by Crippen LogP contribution is 2.39. The molecule has 0 rings (SSSR count). The van der Waals surface area contributed by atoms with Gasteiger partial charge in [0.05, 0.1) is 13.0 Å². The minimum Gasteiger partial charge on any atom is -0.466 e. The first-order valence-electron chi connectivity index (χ1n) is 3.95. The summed E-state index contributed by atoms with van der Waals surface area (Å²) in [5, 5.41) is 0. The van der Waals surface area contributed by atoms with Gasteiger partial charge in [0.2, 0.25) is 0 Å². The fraction of sp³-hybridized carbons (Fsp3) is 0.750. The maximum atomic E-state index is 12.3. The van der Waals surface area contributed by atoms with E-state index in [0.29, 0.717) is 6.92 Å². The molecule has 82 valence electrons. The lowest BCUT2D eigenvalue weighted by atomic mass is 9.88. The zero-order valence-corrected chi connectivity index (χ0v) is 7.85. The normalized spacial score (nSPS) is 15.8. The lowest BCUT2D eigenvalue weighted by Gasteiger charge is -2.24. The number of carbonyl (C=O) groups excluding carboxylic acids is 2. The van der Waals surface area contributed by atoms with Crippen molar-refractivity contribution in [2.24, 2.45) is 5.41 Å². The number of hydrogen-bond donors (Lipinski definition) is 0. The summed E-state index contributed by atoms with van der Waals surface area (Å²) in [5.74, 6) is -1.03. The van der Waals surface area contributed by atoms with E-state index in [1.807, 2.05) is 0 Å². The summed E-state index contributed by atoms with van der Waals surface area (Å²) in [5.41, 5.74) is -2.65. The predicted octanol–water partition coefficient (Wildman–Crippen LogP) is 1.71. The van der Waals surface area contributed by atoms with Gasteiger partial charge in [0.1, 0.15) is 11.7 Å². The van der Waals surface area contributed by atoms with Gasteiger partial charge in [-0.1, -0.05) is 0 Å². The van der Waals surface area contributed by atoms with Crippen molar-refractivity contribution < 1.29 is 27.5 Å². The quantitative estimate of drug-likeness (QED) is 0.526.